The molecule has 3 rings (SSSR count). The van der Waals surface area contributed by atoms with Gasteiger partial charge in [0.25, 0.3) is 0 Å². The van der Waals surface area contributed by atoms with Crippen LogP contribution in [0.4, 0.5) is 5.82 Å². The number of aromatic nitrogens is 2. The number of benzene rings is 1. The van der Waals surface area contributed by atoms with Gasteiger partial charge in [-0.05, 0) is 26.2 Å². The number of aryl methyl sites for hydroxylation is 1. The van der Waals surface area contributed by atoms with Crippen LogP contribution in [0, 0.1) is 6.92 Å². The third-order valence-electron chi connectivity index (χ3n) is 4.45. The van der Waals surface area contributed by atoms with E-state index in [1.807, 2.05) is 42.2 Å². The molecule has 2 heterocycles. The van der Waals surface area contributed by atoms with Gasteiger partial charge in [-0.3, -0.25) is 0 Å². The van der Waals surface area contributed by atoms with E-state index in [2.05, 4.69) is 9.97 Å². The second-order valence-electron chi connectivity index (χ2n) is 6.38. The predicted octanol–water partition coefficient (Wildman–Crippen LogP) is 3.04. The van der Waals surface area contributed by atoms with Crippen LogP contribution < -0.4 is 4.90 Å². The molecule has 1 saturated heterocycles. The molecule has 0 spiro atoms. The predicted molar refractivity (Wildman–Crippen MR) is 95.5 cm³/mol. The van der Waals surface area contributed by atoms with E-state index >= 15 is 0 Å². The lowest BCUT2D eigenvalue weighted by Gasteiger charge is -2.34. The molecule has 0 radical (unpaired) electrons. The molecule has 0 aliphatic carbocycles. The average molecular weight is 341 g/mol. The number of rotatable bonds is 5. The summed E-state index contributed by atoms with van der Waals surface area (Å²) in [4.78, 5) is 22.8. The number of hydrogen-bond acceptors (Lipinski definition) is 5. The van der Waals surface area contributed by atoms with Crippen molar-refractivity contribution in [3.8, 4) is 11.4 Å². The minimum atomic E-state index is -0.802. The molecule has 25 heavy (non-hydrogen) atoms. The van der Waals surface area contributed by atoms with Gasteiger partial charge >= 0.3 is 5.97 Å². The number of aliphatic carboxylic acids is 1. The molecule has 1 N–H and O–H groups in total. The van der Waals surface area contributed by atoms with Gasteiger partial charge in [0.1, 0.15) is 11.9 Å². The monoisotopic (exact) mass is 341 g/mol. The molecule has 0 amide bonds. The second-order valence-corrected chi connectivity index (χ2v) is 6.38. The summed E-state index contributed by atoms with van der Waals surface area (Å²) >= 11 is 0. The zero-order valence-electron chi connectivity index (χ0n) is 14.6. The highest BCUT2D eigenvalue weighted by atomic mass is 16.5. The van der Waals surface area contributed by atoms with E-state index in [1.54, 1.807) is 7.11 Å². The average Bonchev–Trinajstić information content (AvgIpc) is 2.62. The van der Waals surface area contributed by atoms with Crippen LogP contribution in [0.25, 0.3) is 11.4 Å². The van der Waals surface area contributed by atoms with Crippen molar-refractivity contribution in [2.45, 2.75) is 38.8 Å². The molecule has 132 valence electrons. The highest BCUT2D eigenvalue weighted by Gasteiger charge is 2.30. The Bertz CT molecular complexity index is 746. The number of piperidine rings is 1. The zero-order chi connectivity index (χ0) is 17.8. The SMILES string of the molecule is COCc1cc(N2CCCCC2C(=O)O)nc(-c2ccc(C)cc2)n1. The van der Waals surface area contributed by atoms with Crippen molar-refractivity contribution in [1.82, 2.24) is 9.97 Å². The standard InChI is InChI=1S/C19H23N3O3/c1-13-6-8-14(9-7-13)18-20-15(12-25-2)11-17(21-18)22-10-4-3-5-16(22)19(23)24/h6-9,11,16H,3-5,10,12H2,1-2H3,(H,23,24). The molecule has 6 heteroatoms. The summed E-state index contributed by atoms with van der Waals surface area (Å²) in [6, 6.07) is 9.30. The maximum absolute atomic E-state index is 11.6. The number of carboxylic acids is 1. The number of carbonyl (C=O) groups is 1. The van der Waals surface area contributed by atoms with Crippen LogP contribution in [0.15, 0.2) is 30.3 Å². The Morgan fingerprint density at radius 1 is 1.28 bits per heavy atom. The van der Waals surface area contributed by atoms with E-state index in [0.29, 0.717) is 31.2 Å². The Morgan fingerprint density at radius 3 is 2.72 bits per heavy atom. The van der Waals surface area contributed by atoms with Gasteiger partial charge in [0.15, 0.2) is 5.82 Å². The zero-order valence-corrected chi connectivity index (χ0v) is 14.6. The molecule has 1 atom stereocenters. The molecular formula is C19H23N3O3. The Kier molecular flexibility index (Phi) is 5.28. The highest BCUT2D eigenvalue weighted by Crippen LogP contribution is 2.27. The molecule has 2 aromatic rings. The van der Waals surface area contributed by atoms with Crippen LogP contribution in [0.2, 0.25) is 0 Å². The van der Waals surface area contributed by atoms with Crippen molar-refractivity contribution in [3.63, 3.8) is 0 Å². The Labute approximate surface area is 147 Å². The second kappa shape index (κ2) is 7.61. The summed E-state index contributed by atoms with van der Waals surface area (Å²) in [7, 11) is 1.62. The maximum Gasteiger partial charge on any atom is 0.326 e. The van der Waals surface area contributed by atoms with Crippen molar-refractivity contribution < 1.29 is 14.6 Å². The normalized spacial score (nSPS) is 17.5. The van der Waals surface area contributed by atoms with E-state index in [-0.39, 0.29) is 0 Å². The topological polar surface area (TPSA) is 75.5 Å². The van der Waals surface area contributed by atoms with Gasteiger partial charge in [-0.25, -0.2) is 14.8 Å². The molecule has 1 unspecified atom stereocenters. The van der Waals surface area contributed by atoms with Crippen molar-refractivity contribution >= 4 is 11.8 Å². The third-order valence-corrected chi connectivity index (χ3v) is 4.45. The first-order valence-electron chi connectivity index (χ1n) is 8.52. The minimum Gasteiger partial charge on any atom is -0.480 e. The Hall–Kier alpha value is -2.47. The van der Waals surface area contributed by atoms with Gasteiger partial charge in [-0.2, -0.15) is 0 Å². The molecule has 1 fully saturated rings. The highest BCUT2D eigenvalue weighted by molar-refractivity contribution is 5.78. The quantitative estimate of drug-likeness (QED) is 0.901. The fraction of sp³-hybridized carbons (Fsp3) is 0.421. The smallest absolute Gasteiger partial charge is 0.326 e. The van der Waals surface area contributed by atoms with E-state index in [1.165, 1.54) is 5.56 Å². The molecule has 1 aromatic heterocycles. The summed E-state index contributed by atoms with van der Waals surface area (Å²) in [6.07, 6.45) is 2.53. The number of methoxy groups -OCH3 is 1. The number of anilines is 1. The largest absolute Gasteiger partial charge is 0.480 e. The molecule has 1 aliphatic heterocycles. The Balaban J connectivity index is 2.03. The van der Waals surface area contributed by atoms with E-state index in [9.17, 15) is 9.90 Å². The lowest BCUT2D eigenvalue weighted by molar-refractivity contribution is -0.139. The van der Waals surface area contributed by atoms with Crippen molar-refractivity contribution in [2.24, 2.45) is 0 Å². The van der Waals surface area contributed by atoms with Crippen LogP contribution in [0.1, 0.15) is 30.5 Å². The third kappa shape index (κ3) is 3.96. The van der Waals surface area contributed by atoms with E-state index < -0.39 is 12.0 Å². The summed E-state index contributed by atoms with van der Waals surface area (Å²) in [5.74, 6) is 0.451. The lowest BCUT2D eigenvalue weighted by Crippen LogP contribution is -2.45. The summed E-state index contributed by atoms with van der Waals surface area (Å²) < 4.78 is 5.23. The lowest BCUT2D eigenvalue weighted by atomic mass is 10.0. The number of nitrogens with zero attached hydrogens (tertiary/aromatic N) is 3. The summed E-state index contributed by atoms with van der Waals surface area (Å²) in [6.45, 7) is 3.08. The van der Waals surface area contributed by atoms with Gasteiger partial charge in [0, 0.05) is 25.3 Å². The van der Waals surface area contributed by atoms with E-state index in [0.717, 1.165) is 24.1 Å². The number of ether oxygens (including phenoxy) is 1. The van der Waals surface area contributed by atoms with Gasteiger partial charge in [0.2, 0.25) is 0 Å². The van der Waals surface area contributed by atoms with Crippen LogP contribution >= 0.6 is 0 Å². The molecule has 6 nitrogen and oxygen atoms in total. The fourth-order valence-corrected chi connectivity index (χ4v) is 3.15. The molecule has 1 aromatic carbocycles. The van der Waals surface area contributed by atoms with Crippen LogP contribution in [0.5, 0.6) is 0 Å². The van der Waals surface area contributed by atoms with Crippen molar-refractivity contribution in [1.29, 1.82) is 0 Å². The maximum atomic E-state index is 11.6. The molecule has 0 bridgehead atoms. The van der Waals surface area contributed by atoms with Gasteiger partial charge in [-0.1, -0.05) is 29.8 Å². The van der Waals surface area contributed by atoms with Gasteiger partial charge < -0.3 is 14.7 Å². The molecule has 0 saturated carbocycles. The van der Waals surface area contributed by atoms with E-state index in [4.69, 9.17) is 4.74 Å². The van der Waals surface area contributed by atoms with Gasteiger partial charge in [0.05, 0.1) is 12.3 Å². The molecular weight excluding hydrogens is 318 g/mol. The van der Waals surface area contributed by atoms with Crippen molar-refractivity contribution in [3.05, 3.63) is 41.6 Å². The fourth-order valence-electron chi connectivity index (χ4n) is 3.15. The summed E-state index contributed by atoms with van der Waals surface area (Å²) in [5.41, 5.74) is 2.82. The number of hydrogen-bond donors (Lipinski definition) is 1. The number of carboxylic acid groups (broad SMARTS) is 1. The van der Waals surface area contributed by atoms with Crippen LogP contribution in [-0.2, 0) is 16.1 Å². The Morgan fingerprint density at radius 2 is 2.04 bits per heavy atom. The van der Waals surface area contributed by atoms with Crippen LogP contribution in [-0.4, -0.2) is 40.7 Å². The minimum absolute atomic E-state index is 0.361. The van der Waals surface area contributed by atoms with Gasteiger partial charge in [-0.15, -0.1) is 0 Å². The first-order chi connectivity index (χ1) is 12.1. The first-order valence-corrected chi connectivity index (χ1v) is 8.52. The van der Waals surface area contributed by atoms with Crippen molar-refractivity contribution in [2.75, 3.05) is 18.6 Å². The first kappa shape index (κ1) is 17.4. The molecule has 1 aliphatic rings. The van der Waals surface area contributed by atoms with Crippen LogP contribution in [0.3, 0.4) is 0 Å². The summed E-state index contributed by atoms with van der Waals surface area (Å²) in [5, 5.41) is 9.55.